The number of H-pyrrole nitrogens is 1. The summed E-state index contributed by atoms with van der Waals surface area (Å²) in [6.45, 7) is 8.84. The maximum Gasteiger partial charge on any atom is 0.109 e. The normalized spacial score (nSPS) is 18.5. The van der Waals surface area contributed by atoms with E-state index >= 15 is 0 Å². The molecular weight excluding hydrogens is 284 g/mol. The Morgan fingerprint density at radius 3 is 2.48 bits per heavy atom. The maximum absolute atomic E-state index is 5.04. The second-order valence-electron chi connectivity index (χ2n) is 7.15. The molecule has 0 atom stereocenters. The van der Waals surface area contributed by atoms with Crippen molar-refractivity contribution in [3.05, 3.63) is 59.7 Å². The molecule has 0 saturated carbocycles. The minimum absolute atomic E-state index is 0.0455. The predicted octanol–water partition coefficient (Wildman–Crippen LogP) is 3.87. The lowest BCUT2D eigenvalue weighted by Gasteiger charge is -2.42. The Kier molecular flexibility index (Phi) is 2.77. The summed E-state index contributed by atoms with van der Waals surface area (Å²) >= 11 is 0. The van der Waals surface area contributed by atoms with Crippen molar-refractivity contribution in [2.45, 2.75) is 38.6 Å². The summed E-state index contributed by atoms with van der Waals surface area (Å²) in [4.78, 5) is 17.7. The van der Waals surface area contributed by atoms with Crippen LogP contribution >= 0.6 is 0 Å². The molecule has 0 radical (unpaired) electrons. The van der Waals surface area contributed by atoms with Crippen LogP contribution in [0.1, 0.15) is 44.6 Å². The number of fused-ring (bicyclic) bond motifs is 2. The third-order valence-electron chi connectivity index (χ3n) is 5.27. The lowest BCUT2D eigenvalue weighted by molar-refractivity contribution is 0.303. The van der Waals surface area contributed by atoms with E-state index in [1.807, 2.05) is 36.7 Å². The van der Waals surface area contributed by atoms with Gasteiger partial charge in [0.25, 0.3) is 0 Å². The van der Waals surface area contributed by atoms with E-state index in [9.17, 15) is 0 Å². The highest BCUT2D eigenvalue weighted by molar-refractivity contribution is 6.13. The fraction of sp³-hybridized carbons (Fsp3) is 0.316. The van der Waals surface area contributed by atoms with Crippen LogP contribution in [0.2, 0.25) is 0 Å². The lowest BCUT2D eigenvalue weighted by Crippen LogP contribution is -2.45. The molecule has 0 amide bonds. The summed E-state index contributed by atoms with van der Waals surface area (Å²) in [6, 6.07) is 10.1. The van der Waals surface area contributed by atoms with Crippen molar-refractivity contribution in [1.82, 2.24) is 15.0 Å². The molecule has 1 aromatic carbocycles. The van der Waals surface area contributed by atoms with Crippen LogP contribution in [-0.2, 0) is 5.41 Å². The number of rotatable bonds is 1. The standard InChI is InChI=1S/C19H20N4/c1-18(2)12-9-10-20-16(12)17(23-19(18,3)4)15-11-21-13-7-5-6-8-14(13)22-15/h5-11,20H,1-4H3. The molecule has 0 saturated heterocycles. The van der Waals surface area contributed by atoms with Crippen LogP contribution in [0.15, 0.2) is 47.7 Å². The maximum atomic E-state index is 5.04. The summed E-state index contributed by atoms with van der Waals surface area (Å²) in [6.07, 6.45) is 3.80. The van der Waals surface area contributed by atoms with Crippen LogP contribution in [0.3, 0.4) is 0 Å². The molecule has 0 fully saturated rings. The molecule has 4 nitrogen and oxygen atoms in total. The second-order valence-corrected chi connectivity index (χ2v) is 7.15. The van der Waals surface area contributed by atoms with Crippen molar-refractivity contribution in [3.63, 3.8) is 0 Å². The van der Waals surface area contributed by atoms with Crippen LogP contribution in [-0.4, -0.2) is 26.2 Å². The van der Waals surface area contributed by atoms with Gasteiger partial charge in [-0.15, -0.1) is 0 Å². The summed E-state index contributed by atoms with van der Waals surface area (Å²) in [5.74, 6) is 0. The molecule has 2 aromatic heterocycles. The number of hydrogen-bond donors (Lipinski definition) is 1. The highest BCUT2D eigenvalue weighted by atomic mass is 15.0. The molecule has 3 aromatic rings. The van der Waals surface area contributed by atoms with Crippen molar-refractivity contribution in [2.75, 3.05) is 0 Å². The van der Waals surface area contributed by atoms with Crippen LogP contribution in [0.4, 0.5) is 0 Å². The molecular formula is C19H20N4. The van der Waals surface area contributed by atoms with E-state index in [1.165, 1.54) is 5.56 Å². The number of nitrogens with one attached hydrogen (secondary N) is 1. The van der Waals surface area contributed by atoms with E-state index in [4.69, 9.17) is 9.98 Å². The summed E-state index contributed by atoms with van der Waals surface area (Å²) in [5.41, 5.74) is 5.58. The molecule has 4 heteroatoms. The molecule has 23 heavy (non-hydrogen) atoms. The van der Waals surface area contributed by atoms with Crippen molar-refractivity contribution < 1.29 is 0 Å². The van der Waals surface area contributed by atoms with Crippen molar-refractivity contribution >= 4 is 16.7 Å². The Labute approximate surface area is 135 Å². The Balaban J connectivity index is 1.95. The average Bonchev–Trinajstić information content (AvgIpc) is 3.01. The van der Waals surface area contributed by atoms with Crippen LogP contribution in [0.25, 0.3) is 11.0 Å². The topological polar surface area (TPSA) is 53.9 Å². The zero-order valence-electron chi connectivity index (χ0n) is 13.9. The van der Waals surface area contributed by atoms with Gasteiger partial charge in [0.1, 0.15) is 11.4 Å². The first-order chi connectivity index (χ1) is 10.9. The van der Waals surface area contributed by atoms with Gasteiger partial charge >= 0.3 is 0 Å². The number of aliphatic imine (C=N–C) groups is 1. The third kappa shape index (κ3) is 1.94. The quantitative estimate of drug-likeness (QED) is 0.742. The number of aromatic nitrogens is 3. The van der Waals surface area contributed by atoms with E-state index in [0.29, 0.717) is 0 Å². The van der Waals surface area contributed by atoms with Crippen LogP contribution < -0.4 is 0 Å². The summed E-state index contributed by atoms with van der Waals surface area (Å²) in [5, 5.41) is 0. The van der Waals surface area contributed by atoms with Crippen molar-refractivity contribution in [3.8, 4) is 0 Å². The highest BCUT2D eigenvalue weighted by Gasteiger charge is 2.44. The van der Waals surface area contributed by atoms with Gasteiger partial charge in [-0.2, -0.15) is 0 Å². The van der Waals surface area contributed by atoms with Crippen LogP contribution in [0, 0.1) is 0 Å². The molecule has 3 heterocycles. The van der Waals surface area contributed by atoms with Gasteiger partial charge in [-0.25, -0.2) is 4.98 Å². The number of nitrogens with zero attached hydrogens (tertiary/aromatic N) is 3. The third-order valence-corrected chi connectivity index (χ3v) is 5.27. The molecule has 116 valence electrons. The molecule has 1 aliphatic heterocycles. The first-order valence-corrected chi connectivity index (χ1v) is 7.90. The van der Waals surface area contributed by atoms with Gasteiger partial charge in [-0.05, 0) is 37.6 Å². The molecule has 1 aliphatic rings. The van der Waals surface area contributed by atoms with E-state index in [0.717, 1.165) is 28.1 Å². The van der Waals surface area contributed by atoms with Gasteiger partial charge < -0.3 is 4.98 Å². The Bertz CT molecular complexity index is 931. The van der Waals surface area contributed by atoms with E-state index in [-0.39, 0.29) is 11.0 Å². The van der Waals surface area contributed by atoms with Gasteiger partial charge in [0, 0.05) is 11.6 Å². The van der Waals surface area contributed by atoms with Gasteiger partial charge in [0.15, 0.2) is 0 Å². The lowest BCUT2D eigenvalue weighted by atomic mass is 9.67. The van der Waals surface area contributed by atoms with Gasteiger partial charge in [-0.1, -0.05) is 26.0 Å². The minimum Gasteiger partial charge on any atom is -0.360 e. The molecule has 0 unspecified atom stereocenters. The molecule has 0 aliphatic carbocycles. The SMILES string of the molecule is CC1(C)N=C(c2cnc3ccccc3n2)c2[nH]ccc2C1(C)C. The molecule has 0 spiro atoms. The minimum atomic E-state index is -0.217. The summed E-state index contributed by atoms with van der Waals surface area (Å²) < 4.78 is 0. The van der Waals surface area contributed by atoms with E-state index in [1.54, 1.807) is 0 Å². The Morgan fingerprint density at radius 1 is 0.957 bits per heavy atom. The zero-order chi connectivity index (χ0) is 16.2. The fourth-order valence-electron chi connectivity index (χ4n) is 3.15. The van der Waals surface area contributed by atoms with Gasteiger partial charge in [0.05, 0.1) is 28.5 Å². The smallest absolute Gasteiger partial charge is 0.109 e. The van der Waals surface area contributed by atoms with Gasteiger partial charge in [0.2, 0.25) is 0 Å². The average molecular weight is 304 g/mol. The summed E-state index contributed by atoms with van der Waals surface area (Å²) in [7, 11) is 0. The first-order valence-electron chi connectivity index (χ1n) is 7.90. The van der Waals surface area contributed by atoms with Gasteiger partial charge in [-0.3, -0.25) is 9.98 Å². The van der Waals surface area contributed by atoms with E-state index in [2.05, 4.69) is 43.7 Å². The largest absolute Gasteiger partial charge is 0.360 e. The zero-order valence-corrected chi connectivity index (χ0v) is 13.9. The van der Waals surface area contributed by atoms with Crippen molar-refractivity contribution in [1.29, 1.82) is 0 Å². The second kappa shape index (κ2) is 4.51. The highest BCUT2D eigenvalue weighted by Crippen LogP contribution is 2.43. The van der Waals surface area contributed by atoms with Crippen molar-refractivity contribution in [2.24, 2.45) is 4.99 Å². The molecule has 4 rings (SSSR count). The van der Waals surface area contributed by atoms with E-state index < -0.39 is 0 Å². The molecule has 1 N–H and O–H groups in total. The Hall–Kier alpha value is -2.49. The fourth-order valence-corrected chi connectivity index (χ4v) is 3.15. The number of para-hydroxylation sites is 2. The number of aromatic amines is 1. The number of hydrogen-bond acceptors (Lipinski definition) is 3. The Morgan fingerprint density at radius 2 is 1.70 bits per heavy atom. The number of benzene rings is 1. The van der Waals surface area contributed by atoms with Crippen LogP contribution in [0.5, 0.6) is 0 Å². The predicted molar refractivity (Wildman–Crippen MR) is 93.1 cm³/mol. The first kappa shape index (κ1) is 14.1. The monoisotopic (exact) mass is 304 g/mol. The molecule has 0 bridgehead atoms.